The number of carbonyl (C=O) groups excluding carboxylic acids is 1. The summed E-state index contributed by atoms with van der Waals surface area (Å²) >= 11 is 0. The number of hydrogen-bond donors (Lipinski definition) is 0. The molecule has 1 saturated heterocycles. The summed E-state index contributed by atoms with van der Waals surface area (Å²) in [6.07, 6.45) is -0.642. The van der Waals surface area contributed by atoms with Crippen molar-refractivity contribution in [2.24, 2.45) is 0 Å². The van der Waals surface area contributed by atoms with Crippen LogP contribution in [0.2, 0.25) is 0 Å². The first-order valence-electron chi connectivity index (χ1n) is 11.4. The summed E-state index contributed by atoms with van der Waals surface area (Å²) in [6, 6.07) is 24.1. The molecule has 0 bridgehead atoms. The molecule has 1 aliphatic rings. The van der Waals surface area contributed by atoms with Gasteiger partial charge in [0.2, 0.25) is 0 Å². The van der Waals surface area contributed by atoms with Crippen LogP contribution in [-0.2, 0) is 4.79 Å². The fraction of sp³-hybridized carbons (Fsp3) is 0.222. The van der Waals surface area contributed by atoms with Crippen LogP contribution in [0.4, 0.5) is 10.2 Å². The van der Waals surface area contributed by atoms with Gasteiger partial charge >= 0.3 is 0 Å². The average Bonchev–Trinajstić information content (AvgIpc) is 2.89. The number of halogens is 1. The highest BCUT2D eigenvalue weighted by molar-refractivity contribution is 5.95. The van der Waals surface area contributed by atoms with Crippen molar-refractivity contribution in [3.8, 4) is 17.0 Å². The van der Waals surface area contributed by atoms with Crippen molar-refractivity contribution in [3.05, 3.63) is 84.7 Å². The van der Waals surface area contributed by atoms with Gasteiger partial charge in [-0.05, 0) is 54.1 Å². The number of nitrogens with zero attached hydrogens (tertiary/aromatic N) is 4. The van der Waals surface area contributed by atoms with E-state index in [1.165, 1.54) is 29.7 Å². The number of anilines is 1. The zero-order valence-electron chi connectivity index (χ0n) is 18.9. The van der Waals surface area contributed by atoms with E-state index >= 15 is 0 Å². The average molecular weight is 457 g/mol. The van der Waals surface area contributed by atoms with E-state index in [-0.39, 0.29) is 11.7 Å². The first-order chi connectivity index (χ1) is 16.6. The van der Waals surface area contributed by atoms with Crippen LogP contribution < -0.4 is 9.64 Å². The van der Waals surface area contributed by atoms with Crippen molar-refractivity contribution >= 4 is 22.5 Å². The minimum Gasteiger partial charge on any atom is -0.481 e. The van der Waals surface area contributed by atoms with Crippen molar-refractivity contribution in [2.75, 3.05) is 31.1 Å². The van der Waals surface area contributed by atoms with Gasteiger partial charge in [0.25, 0.3) is 5.91 Å². The molecule has 4 aromatic rings. The molecule has 1 aliphatic heterocycles. The number of piperazine rings is 1. The zero-order chi connectivity index (χ0) is 23.5. The topological polar surface area (TPSA) is 58.6 Å². The third kappa shape index (κ3) is 4.55. The lowest BCUT2D eigenvalue weighted by atomic mass is 10.0. The predicted octanol–water partition coefficient (Wildman–Crippen LogP) is 4.55. The summed E-state index contributed by atoms with van der Waals surface area (Å²) in [5, 5.41) is 11.3. The van der Waals surface area contributed by atoms with Gasteiger partial charge in [0.15, 0.2) is 11.9 Å². The van der Waals surface area contributed by atoms with E-state index in [0.717, 1.165) is 22.5 Å². The van der Waals surface area contributed by atoms with Gasteiger partial charge in [-0.3, -0.25) is 4.79 Å². The van der Waals surface area contributed by atoms with Gasteiger partial charge in [-0.1, -0.05) is 42.5 Å². The van der Waals surface area contributed by atoms with Crippen LogP contribution in [0.5, 0.6) is 5.75 Å². The smallest absolute Gasteiger partial charge is 0.263 e. The Morgan fingerprint density at radius 2 is 1.62 bits per heavy atom. The molecule has 0 aliphatic carbocycles. The second kappa shape index (κ2) is 9.47. The summed E-state index contributed by atoms with van der Waals surface area (Å²) in [6.45, 7) is 4.19. The van der Waals surface area contributed by atoms with Gasteiger partial charge < -0.3 is 14.5 Å². The van der Waals surface area contributed by atoms with Crippen LogP contribution in [-0.4, -0.2) is 53.3 Å². The molecule has 1 aromatic heterocycles. The number of hydrogen-bond acceptors (Lipinski definition) is 5. The van der Waals surface area contributed by atoms with Crippen molar-refractivity contribution in [1.82, 2.24) is 15.1 Å². The molecule has 0 radical (unpaired) electrons. The molecule has 3 aromatic carbocycles. The van der Waals surface area contributed by atoms with E-state index in [1.54, 1.807) is 11.8 Å². The maximum atomic E-state index is 13.1. The Morgan fingerprint density at radius 1 is 0.882 bits per heavy atom. The molecule has 1 unspecified atom stereocenters. The number of benzene rings is 3. The van der Waals surface area contributed by atoms with Gasteiger partial charge in [-0.25, -0.2) is 4.39 Å². The first-order valence-corrected chi connectivity index (χ1v) is 11.4. The number of amides is 1. The highest BCUT2D eigenvalue weighted by Crippen LogP contribution is 2.27. The molecule has 1 atom stereocenters. The molecular formula is C27H25FN4O2. The Hall–Kier alpha value is -4.00. The second-order valence-corrected chi connectivity index (χ2v) is 8.33. The van der Waals surface area contributed by atoms with Crippen LogP contribution in [0, 0.1) is 5.82 Å². The molecule has 2 heterocycles. The minimum absolute atomic E-state index is 0.0821. The van der Waals surface area contributed by atoms with E-state index in [1.807, 2.05) is 30.3 Å². The lowest BCUT2D eigenvalue weighted by Crippen LogP contribution is -2.52. The fourth-order valence-corrected chi connectivity index (χ4v) is 4.27. The third-order valence-corrected chi connectivity index (χ3v) is 6.11. The van der Waals surface area contributed by atoms with Crippen LogP contribution in [0.1, 0.15) is 6.92 Å². The summed E-state index contributed by atoms with van der Waals surface area (Å²) in [4.78, 5) is 16.7. The summed E-state index contributed by atoms with van der Waals surface area (Å²) in [7, 11) is 0. The zero-order valence-corrected chi connectivity index (χ0v) is 18.9. The fourth-order valence-electron chi connectivity index (χ4n) is 4.27. The summed E-state index contributed by atoms with van der Waals surface area (Å²) < 4.78 is 18.8. The maximum Gasteiger partial charge on any atom is 0.263 e. The monoisotopic (exact) mass is 456 g/mol. The largest absolute Gasteiger partial charge is 0.481 e. The van der Waals surface area contributed by atoms with E-state index in [0.29, 0.717) is 31.9 Å². The maximum absolute atomic E-state index is 13.1. The molecule has 0 N–H and O–H groups in total. The third-order valence-electron chi connectivity index (χ3n) is 6.11. The number of rotatable bonds is 5. The van der Waals surface area contributed by atoms with Gasteiger partial charge in [0.1, 0.15) is 11.6 Å². The number of carbonyl (C=O) groups is 1. The van der Waals surface area contributed by atoms with E-state index in [2.05, 4.69) is 39.4 Å². The van der Waals surface area contributed by atoms with Gasteiger partial charge in [0, 0.05) is 31.7 Å². The molecule has 0 spiro atoms. The number of fused-ring (bicyclic) bond motifs is 1. The Kier molecular flexibility index (Phi) is 6.08. The Bertz CT molecular complexity index is 1280. The standard InChI is InChI=1S/C27H25FN4O2/c1-19(34-22-11-9-21(28)10-12-22)27(33)32-17-15-31(16-18-32)26-14-13-25(29-30-26)24-8-4-6-20-5-2-3-7-23(20)24/h2-14,19H,15-18H2,1H3. The first kappa shape index (κ1) is 21.8. The molecule has 34 heavy (non-hydrogen) atoms. The number of aromatic nitrogens is 2. The summed E-state index contributed by atoms with van der Waals surface area (Å²) in [5.74, 6) is 0.853. The van der Waals surface area contributed by atoms with E-state index in [9.17, 15) is 9.18 Å². The highest BCUT2D eigenvalue weighted by atomic mass is 19.1. The van der Waals surface area contributed by atoms with E-state index in [4.69, 9.17) is 4.74 Å². The SMILES string of the molecule is CC(Oc1ccc(F)cc1)C(=O)N1CCN(c2ccc(-c3cccc4ccccc34)nn2)CC1. The van der Waals surface area contributed by atoms with Gasteiger partial charge in [-0.15, -0.1) is 10.2 Å². The van der Waals surface area contributed by atoms with Crippen molar-refractivity contribution in [3.63, 3.8) is 0 Å². The summed E-state index contributed by atoms with van der Waals surface area (Å²) in [5.41, 5.74) is 1.89. The van der Waals surface area contributed by atoms with E-state index < -0.39 is 6.10 Å². The molecule has 0 saturated carbocycles. The van der Waals surface area contributed by atoms with Crippen molar-refractivity contribution in [2.45, 2.75) is 13.0 Å². The number of ether oxygens (including phenoxy) is 1. The quantitative estimate of drug-likeness (QED) is 0.441. The predicted molar refractivity (Wildman–Crippen MR) is 130 cm³/mol. The lowest BCUT2D eigenvalue weighted by molar-refractivity contribution is -0.138. The van der Waals surface area contributed by atoms with Crippen LogP contribution in [0.3, 0.4) is 0 Å². The molecular weight excluding hydrogens is 431 g/mol. The minimum atomic E-state index is -0.642. The second-order valence-electron chi connectivity index (χ2n) is 8.33. The normalized spacial score (nSPS) is 14.8. The Labute approximate surface area is 197 Å². The lowest BCUT2D eigenvalue weighted by Gasteiger charge is -2.36. The molecule has 7 heteroatoms. The van der Waals surface area contributed by atoms with Gasteiger partial charge in [0.05, 0.1) is 5.69 Å². The van der Waals surface area contributed by atoms with Crippen LogP contribution in [0.15, 0.2) is 78.9 Å². The van der Waals surface area contributed by atoms with Crippen LogP contribution in [0.25, 0.3) is 22.0 Å². The molecule has 5 rings (SSSR count). The van der Waals surface area contributed by atoms with Crippen molar-refractivity contribution < 1.29 is 13.9 Å². The van der Waals surface area contributed by atoms with Crippen LogP contribution >= 0.6 is 0 Å². The Balaban J connectivity index is 1.21. The highest BCUT2D eigenvalue weighted by Gasteiger charge is 2.26. The molecule has 172 valence electrons. The molecule has 1 amide bonds. The molecule has 6 nitrogen and oxygen atoms in total. The molecule has 1 fully saturated rings. The van der Waals surface area contributed by atoms with Gasteiger partial charge in [-0.2, -0.15) is 0 Å². The van der Waals surface area contributed by atoms with Crippen molar-refractivity contribution in [1.29, 1.82) is 0 Å². The Morgan fingerprint density at radius 3 is 2.35 bits per heavy atom.